The molecule has 1 aromatic rings. The predicted molar refractivity (Wildman–Crippen MR) is 48.3 cm³/mol. The standard InChI is InChI=1S/C9H14N2O2/c1-8-10-4-6-11(8)5-2-9(13)3-7-12/h4,6,12H,2-3,5,7H2,1H3. The van der Waals surface area contributed by atoms with E-state index < -0.39 is 0 Å². The Morgan fingerprint density at radius 3 is 2.92 bits per heavy atom. The van der Waals surface area contributed by atoms with Crippen molar-refractivity contribution in [1.29, 1.82) is 0 Å². The lowest BCUT2D eigenvalue weighted by atomic mass is 10.2. The van der Waals surface area contributed by atoms with E-state index in [4.69, 9.17) is 5.11 Å². The molecule has 0 radical (unpaired) electrons. The van der Waals surface area contributed by atoms with Crippen molar-refractivity contribution in [3.63, 3.8) is 0 Å². The van der Waals surface area contributed by atoms with Gasteiger partial charge in [-0.25, -0.2) is 4.98 Å². The molecule has 0 spiro atoms. The minimum Gasteiger partial charge on any atom is -0.396 e. The van der Waals surface area contributed by atoms with E-state index in [-0.39, 0.29) is 18.8 Å². The van der Waals surface area contributed by atoms with Crippen LogP contribution in [-0.4, -0.2) is 27.0 Å². The molecule has 1 rings (SSSR count). The summed E-state index contributed by atoms with van der Waals surface area (Å²) in [5, 5.41) is 8.51. The Morgan fingerprint density at radius 1 is 1.62 bits per heavy atom. The molecule has 0 aliphatic rings. The average molecular weight is 182 g/mol. The zero-order chi connectivity index (χ0) is 9.68. The van der Waals surface area contributed by atoms with E-state index in [9.17, 15) is 4.79 Å². The summed E-state index contributed by atoms with van der Waals surface area (Å²) in [6.45, 7) is 2.50. The molecular weight excluding hydrogens is 168 g/mol. The Labute approximate surface area is 77.2 Å². The monoisotopic (exact) mass is 182 g/mol. The van der Waals surface area contributed by atoms with Crippen LogP contribution in [0.2, 0.25) is 0 Å². The van der Waals surface area contributed by atoms with Gasteiger partial charge in [0.05, 0.1) is 0 Å². The summed E-state index contributed by atoms with van der Waals surface area (Å²) < 4.78 is 1.93. The summed E-state index contributed by atoms with van der Waals surface area (Å²) >= 11 is 0. The van der Waals surface area contributed by atoms with Gasteiger partial charge in [-0.3, -0.25) is 4.79 Å². The lowest BCUT2D eigenvalue weighted by Gasteiger charge is -2.02. The molecule has 1 heterocycles. The molecule has 72 valence electrons. The third-order valence-corrected chi connectivity index (χ3v) is 1.95. The maximum atomic E-state index is 11.1. The highest BCUT2D eigenvalue weighted by atomic mass is 16.3. The van der Waals surface area contributed by atoms with Crippen molar-refractivity contribution in [2.75, 3.05) is 6.61 Å². The number of ketones is 1. The van der Waals surface area contributed by atoms with Gasteiger partial charge in [0.15, 0.2) is 0 Å². The van der Waals surface area contributed by atoms with Crippen LogP contribution in [0.4, 0.5) is 0 Å². The number of aliphatic hydroxyl groups excluding tert-OH is 1. The zero-order valence-corrected chi connectivity index (χ0v) is 7.73. The van der Waals surface area contributed by atoms with Crippen molar-refractivity contribution in [3.05, 3.63) is 18.2 Å². The molecule has 0 aliphatic heterocycles. The molecule has 0 amide bonds. The first-order valence-corrected chi connectivity index (χ1v) is 4.34. The second-order valence-electron chi connectivity index (χ2n) is 2.93. The number of aliphatic hydroxyl groups is 1. The molecule has 0 aromatic carbocycles. The third-order valence-electron chi connectivity index (χ3n) is 1.95. The van der Waals surface area contributed by atoms with Crippen molar-refractivity contribution in [3.8, 4) is 0 Å². The number of imidazole rings is 1. The van der Waals surface area contributed by atoms with E-state index in [1.54, 1.807) is 6.20 Å². The molecular formula is C9H14N2O2. The number of aryl methyl sites for hydroxylation is 2. The molecule has 0 fully saturated rings. The topological polar surface area (TPSA) is 55.1 Å². The van der Waals surface area contributed by atoms with Gasteiger partial charge in [-0.05, 0) is 6.92 Å². The smallest absolute Gasteiger partial charge is 0.136 e. The minimum absolute atomic E-state index is 0.0538. The van der Waals surface area contributed by atoms with Crippen LogP contribution >= 0.6 is 0 Å². The predicted octanol–water partition coefficient (Wildman–Crippen LogP) is 0.533. The zero-order valence-electron chi connectivity index (χ0n) is 7.73. The van der Waals surface area contributed by atoms with Gasteiger partial charge in [0.25, 0.3) is 0 Å². The van der Waals surface area contributed by atoms with Crippen molar-refractivity contribution in [2.45, 2.75) is 26.3 Å². The fraction of sp³-hybridized carbons (Fsp3) is 0.556. The molecule has 0 aliphatic carbocycles. The molecule has 0 unspecified atom stereocenters. The van der Waals surface area contributed by atoms with Crippen molar-refractivity contribution < 1.29 is 9.90 Å². The molecule has 0 saturated carbocycles. The van der Waals surface area contributed by atoms with Gasteiger partial charge in [0, 0.05) is 38.4 Å². The first-order valence-electron chi connectivity index (χ1n) is 4.34. The van der Waals surface area contributed by atoms with Gasteiger partial charge in [-0.2, -0.15) is 0 Å². The van der Waals surface area contributed by atoms with Crippen molar-refractivity contribution in [2.24, 2.45) is 0 Å². The number of Topliss-reactive ketones (excluding diaryl/α,β-unsaturated/α-hetero) is 1. The quantitative estimate of drug-likeness (QED) is 0.722. The third kappa shape index (κ3) is 2.99. The highest BCUT2D eigenvalue weighted by Crippen LogP contribution is 1.99. The maximum Gasteiger partial charge on any atom is 0.136 e. The number of hydrogen-bond acceptors (Lipinski definition) is 3. The van der Waals surface area contributed by atoms with Crippen LogP contribution in [0.1, 0.15) is 18.7 Å². The van der Waals surface area contributed by atoms with Gasteiger partial charge >= 0.3 is 0 Å². The largest absolute Gasteiger partial charge is 0.396 e. The fourth-order valence-electron chi connectivity index (χ4n) is 1.13. The van der Waals surface area contributed by atoms with Crippen molar-refractivity contribution in [1.82, 2.24) is 9.55 Å². The average Bonchev–Trinajstić information content (AvgIpc) is 2.48. The fourth-order valence-corrected chi connectivity index (χ4v) is 1.13. The first-order chi connectivity index (χ1) is 6.24. The van der Waals surface area contributed by atoms with Gasteiger partial charge in [-0.1, -0.05) is 0 Å². The molecule has 1 N–H and O–H groups in total. The molecule has 4 nitrogen and oxygen atoms in total. The van der Waals surface area contributed by atoms with E-state index in [0.717, 1.165) is 5.82 Å². The lowest BCUT2D eigenvalue weighted by molar-refractivity contribution is -0.119. The van der Waals surface area contributed by atoms with Crippen LogP contribution < -0.4 is 0 Å². The summed E-state index contributed by atoms with van der Waals surface area (Å²) in [5.41, 5.74) is 0. The second kappa shape index (κ2) is 4.77. The van der Waals surface area contributed by atoms with Crippen molar-refractivity contribution >= 4 is 5.78 Å². The Bertz CT molecular complexity index is 281. The summed E-state index contributed by atoms with van der Waals surface area (Å²) in [5.74, 6) is 1.01. The van der Waals surface area contributed by atoms with Gasteiger partial charge < -0.3 is 9.67 Å². The number of carbonyl (C=O) groups excluding carboxylic acids is 1. The Balaban J connectivity index is 2.35. The Hall–Kier alpha value is -1.16. The van der Waals surface area contributed by atoms with Crippen LogP contribution in [0.5, 0.6) is 0 Å². The SMILES string of the molecule is Cc1nccn1CCC(=O)CCO. The molecule has 4 heteroatoms. The molecule has 0 bridgehead atoms. The highest BCUT2D eigenvalue weighted by Gasteiger charge is 2.02. The molecule has 13 heavy (non-hydrogen) atoms. The second-order valence-corrected chi connectivity index (χ2v) is 2.93. The summed E-state index contributed by atoms with van der Waals surface area (Å²) in [7, 11) is 0. The summed E-state index contributed by atoms with van der Waals surface area (Å²) in [4.78, 5) is 15.1. The van der Waals surface area contributed by atoms with Crippen LogP contribution in [0.15, 0.2) is 12.4 Å². The van der Waals surface area contributed by atoms with Crippen LogP contribution in [0, 0.1) is 6.92 Å². The van der Waals surface area contributed by atoms with E-state index in [2.05, 4.69) is 4.98 Å². The Kier molecular flexibility index (Phi) is 3.64. The van der Waals surface area contributed by atoms with E-state index in [0.29, 0.717) is 13.0 Å². The highest BCUT2D eigenvalue weighted by molar-refractivity contribution is 5.78. The van der Waals surface area contributed by atoms with Crippen LogP contribution in [0.25, 0.3) is 0 Å². The van der Waals surface area contributed by atoms with Gasteiger partial charge in [0.2, 0.25) is 0 Å². The van der Waals surface area contributed by atoms with E-state index >= 15 is 0 Å². The molecule has 0 saturated heterocycles. The first kappa shape index (κ1) is 9.92. The number of carbonyl (C=O) groups is 1. The minimum atomic E-state index is -0.0538. The maximum absolute atomic E-state index is 11.1. The Morgan fingerprint density at radius 2 is 2.38 bits per heavy atom. The van der Waals surface area contributed by atoms with Crippen LogP contribution in [0.3, 0.4) is 0 Å². The summed E-state index contributed by atoms with van der Waals surface area (Å²) in [6, 6.07) is 0. The van der Waals surface area contributed by atoms with Gasteiger partial charge in [0.1, 0.15) is 11.6 Å². The normalized spacial score (nSPS) is 10.3. The number of aromatic nitrogens is 2. The molecule has 1 aromatic heterocycles. The number of hydrogen-bond donors (Lipinski definition) is 1. The summed E-state index contributed by atoms with van der Waals surface area (Å²) in [6.07, 6.45) is 4.29. The van der Waals surface area contributed by atoms with Crippen LogP contribution in [-0.2, 0) is 11.3 Å². The lowest BCUT2D eigenvalue weighted by Crippen LogP contribution is -2.07. The van der Waals surface area contributed by atoms with E-state index in [1.165, 1.54) is 0 Å². The number of nitrogens with zero attached hydrogens (tertiary/aromatic N) is 2. The van der Waals surface area contributed by atoms with Gasteiger partial charge in [-0.15, -0.1) is 0 Å². The van der Waals surface area contributed by atoms with E-state index in [1.807, 2.05) is 17.7 Å². The number of rotatable bonds is 5. The molecule has 0 atom stereocenters.